The largest absolute Gasteiger partial charge is 0.493 e. The minimum Gasteiger partial charge on any atom is -0.493 e. The second-order valence-electron chi connectivity index (χ2n) is 25.5. The highest BCUT2D eigenvalue weighted by molar-refractivity contribution is 5.99. The summed E-state index contributed by atoms with van der Waals surface area (Å²) < 4.78 is 76.3. The molecule has 0 saturated carbocycles. The van der Waals surface area contributed by atoms with E-state index in [1.54, 1.807) is 24.3 Å². The van der Waals surface area contributed by atoms with Gasteiger partial charge in [0.05, 0.1) is 79.3 Å². The van der Waals surface area contributed by atoms with Gasteiger partial charge in [-0.05, 0) is 160 Å². The molecule has 0 heterocycles. The molecule has 0 atom stereocenters. The summed E-state index contributed by atoms with van der Waals surface area (Å²) in [6.45, 7) is 4.09. The van der Waals surface area contributed by atoms with Crippen molar-refractivity contribution in [2.24, 2.45) is 0 Å². The van der Waals surface area contributed by atoms with Crippen LogP contribution in [-0.2, 0) is 0 Å². The lowest BCUT2D eigenvalue weighted by Gasteiger charge is -2.17. The fourth-order valence-electron chi connectivity index (χ4n) is 12.7. The summed E-state index contributed by atoms with van der Waals surface area (Å²) in [6.07, 6.45) is 3.33. The van der Waals surface area contributed by atoms with Gasteiger partial charge in [0.25, 0.3) is 0 Å². The molecule has 0 amide bonds. The Morgan fingerprint density at radius 2 is 0.292 bits per heavy atom. The maximum atomic E-state index is 12.1. The van der Waals surface area contributed by atoms with E-state index in [9.17, 15) is 19.8 Å². The summed E-state index contributed by atoms with van der Waals surface area (Å²) >= 11 is 0. The summed E-state index contributed by atoms with van der Waals surface area (Å²) in [5.41, 5.74) is 0.236. The molecule has 2 N–H and O–H groups in total. The van der Waals surface area contributed by atoms with Gasteiger partial charge in [-0.15, -0.1) is 0 Å². The molecule has 16 heteroatoms. The Morgan fingerprint density at radius 1 is 0.179 bits per heavy atom. The first-order chi connectivity index (χ1) is 52.2. The van der Waals surface area contributed by atoms with E-state index in [1.807, 2.05) is 194 Å². The van der Waals surface area contributed by atoms with E-state index in [0.717, 1.165) is 75.4 Å². The Bertz CT molecular complexity index is 5070. The first-order valence-corrected chi connectivity index (χ1v) is 35.9. The number of fused-ring (bicyclic) bond motifs is 7. The van der Waals surface area contributed by atoms with E-state index in [4.69, 9.17) is 56.8 Å². The topological polar surface area (TPSA) is 185 Å². The Labute approximate surface area is 613 Å². The lowest BCUT2D eigenvalue weighted by molar-refractivity contribution is 0.0681. The van der Waals surface area contributed by atoms with Crippen molar-refractivity contribution in [3.8, 4) is 69.0 Å². The normalized spacial score (nSPS) is 11.3. The zero-order chi connectivity index (χ0) is 72.2. The van der Waals surface area contributed by atoms with Gasteiger partial charge in [0.15, 0.2) is 57.5 Å². The molecule has 16 nitrogen and oxygen atoms in total. The van der Waals surface area contributed by atoms with Gasteiger partial charge in [-0.2, -0.15) is 0 Å². The summed E-state index contributed by atoms with van der Waals surface area (Å²) in [7, 11) is 0. The lowest BCUT2D eigenvalue weighted by Crippen LogP contribution is -2.10. The lowest BCUT2D eigenvalue weighted by atomic mass is 10.1. The molecule has 0 aliphatic rings. The highest BCUT2D eigenvalue weighted by atomic mass is 16.6. The van der Waals surface area contributed by atoms with E-state index in [-0.39, 0.29) is 24.3 Å². The number of hydrogen-bond donors (Lipinski definition) is 2. The van der Waals surface area contributed by atoms with Gasteiger partial charge in [-0.1, -0.05) is 170 Å². The third-order valence-electron chi connectivity index (χ3n) is 18.0. The zero-order valence-electron chi connectivity index (χ0n) is 58.6. The molecule has 0 spiro atoms. The van der Waals surface area contributed by atoms with Crippen LogP contribution >= 0.6 is 0 Å². The third kappa shape index (κ3) is 17.9. The SMILES string of the molecule is O=C(O)c1cc2ccccc2cc1OCCCOc1cc2ccccc2cc1OCCCOc1cc2ccccc2cc1OCCCOc1cc2ccccc2cc1OCCCOc1cc2ccccc2cc1OCCCOc1cc2ccccc2cc1OCCCOc1cc2ccccc2cc1C(=O)O. The molecule has 0 radical (unpaired) electrons. The van der Waals surface area contributed by atoms with Crippen molar-refractivity contribution in [3.63, 3.8) is 0 Å². The van der Waals surface area contributed by atoms with E-state index in [1.165, 1.54) is 0 Å². The average molecular weight is 1420 g/mol. The number of benzene rings is 14. The van der Waals surface area contributed by atoms with E-state index in [2.05, 4.69) is 36.4 Å². The summed E-state index contributed by atoms with van der Waals surface area (Å²) in [5, 5.41) is 33.5. The quantitative estimate of drug-likeness (QED) is 0.0348. The fourth-order valence-corrected chi connectivity index (χ4v) is 12.7. The maximum absolute atomic E-state index is 12.1. The fraction of sp³-hybridized carbons (Fsp3) is 0.200. The molecular formula is C90H80O16. The van der Waals surface area contributed by atoms with E-state index < -0.39 is 11.9 Å². The van der Waals surface area contributed by atoms with Crippen LogP contribution in [0.25, 0.3) is 75.4 Å². The second kappa shape index (κ2) is 34.6. The summed E-state index contributed by atoms with van der Waals surface area (Å²) in [5.74, 6) is 4.78. The van der Waals surface area contributed by atoms with Gasteiger partial charge in [0.2, 0.25) is 0 Å². The van der Waals surface area contributed by atoms with Crippen LogP contribution < -0.4 is 56.8 Å². The molecule has 14 rings (SSSR count). The first kappa shape index (κ1) is 70.5. The molecule has 0 aliphatic carbocycles. The molecular weight excluding hydrogens is 1340 g/mol. The van der Waals surface area contributed by atoms with Gasteiger partial charge in [0.1, 0.15) is 22.6 Å². The van der Waals surface area contributed by atoms with Gasteiger partial charge >= 0.3 is 11.9 Å². The van der Waals surface area contributed by atoms with Crippen molar-refractivity contribution in [2.45, 2.75) is 38.5 Å². The maximum Gasteiger partial charge on any atom is 0.339 e. The Kier molecular flexibility index (Phi) is 23.0. The molecule has 14 aromatic carbocycles. The van der Waals surface area contributed by atoms with Crippen LogP contribution in [-0.4, -0.2) is 101 Å². The van der Waals surface area contributed by atoms with Gasteiger partial charge < -0.3 is 67.1 Å². The third-order valence-corrected chi connectivity index (χ3v) is 18.0. The molecule has 0 aliphatic heterocycles. The number of carboxylic acid groups (broad SMARTS) is 2. The number of aromatic carboxylic acids is 2. The van der Waals surface area contributed by atoms with Gasteiger partial charge in [0, 0.05) is 38.5 Å². The highest BCUT2D eigenvalue weighted by Crippen LogP contribution is 2.39. The van der Waals surface area contributed by atoms with Crippen molar-refractivity contribution in [3.05, 3.63) is 266 Å². The van der Waals surface area contributed by atoms with Crippen molar-refractivity contribution in [2.75, 3.05) is 79.3 Å². The van der Waals surface area contributed by atoms with E-state index in [0.29, 0.717) is 174 Å². The molecule has 14 aromatic rings. The number of ether oxygens (including phenoxy) is 12. The van der Waals surface area contributed by atoms with E-state index >= 15 is 0 Å². The highest BCUT2D eigenvalue weighted by Gasteiger charge is 2.19. The monoisotopic (exact) mass is 1420 g/mol. The molecule has 106 heavy (non-hydrogen) atoms. The number of carbonyl (C=O) groups is 2. The van der Waals surface area contributed by atoms with Crippen LogP contribution in [0.15, 0.2) is 255 Å². The van der Waals surface area contributed by atoms with Gasteiger partial charge in [-0.3, -0.25) is 0 Å². The molecule has 0 saturated heterocycles. The molecule has 0 fully saturated rings. The Balaban J connectivity index is 0.541. The minimum absolute atomic E-state index is 0.118. The van der Waals surface area contributed by atoms with Gasteiger partial charge in [-0.25, -0.2) is 9.59 Å². The van der Waals surface area contributed by atoms with Crippen LogP contribution in [0.5, 0.6) is 69.0 Å². The minimum atomic E-state index is -1.04. The van der Waals surface area contributed by atoms with Crippen molar-refractivity contribution in [1.29, 1.82) is 0 Å². The zero-order valence-corrected chi connectivity index (χ0v) is 58.6. The van der Waals surface area contributed by atoms with Crippen LogP contribution in [0.2, 0.25) is 0 Å². The van der Waals surface area contributed by atoms with Crippen LogP contribution in [0.4, 0.5) is 0 Å². The predicted octanol–water partition coefficient (Wildman–Crippen LogP) is 20.2. The molecule has 0 unspecified atom stereocenters. The summed E-state index contributed by atoms with van der Waals surface area (Å²) in [4.78, 5) is 24.2. The summed E-state index contributed by atoms with van der Waals surface area (Å²) in [6, 6.07) is 82.6. The molecule has 536 valence electrons. The number of rotatable bonds is 38. The van der Waals surface area contributed by atoms with Crippen LogP contribution in [0.1, 0.15) is 59.2 Å². The average Bonchev–Trinajstić information content (AvgIpc) is 0.831. The van der Waals surface area contributed by atoms with Crippen LogP contribution in [0, 0.1) is 0 Å². The van der Waals surface area contributed by atoms with Crippen molar-refractivity contribution in [1.82, 2.24) is 0 Å². The second-order valence-corrected chi connectivity index (χ2v) is 25.5. The first-order valence-electron chi connectivity index (χ1n) is 35.9. The standard InChI is InChI=1S/C90H80O16/c91-89(92)75-47-61-21-1-3-23-63(61)49-77(75)95-35-15-37-97-79-51-65-25-5-7-27-67(65)53-81(79)99-39-17-41-101-83-55-69-29-9-11-31-71(69)57-85(83)103-43-19-45-105-87-59-73-33-13-14-34-74(73)60-88(87)106-46-20-44-104-86-58-72-32-12-10-30-70(72)56-84(86)102-42-18-40-100-82-54-68-28-8-6-26-66(68)52-80(82)98-38-16-36-96-78-50-64-24-4-2-22-62(64)48-76(78)90(93)94/h1-14,21-34,47-60H,15-20,35-46H2,(H,91,92)(H,93,94). The van der Waals surface area contributed by atoms with Crippen molar-refractivity contribution < 1.29 is 76.6 Å². The smallest absolute Gasteiger partial charge is 0.339 e. The molecule has 0 aromatic heterocycles. The van der Waals surface area contributed by atoms with Crippen LogP contribution in [0.3, 0.4) is 0 Å². The van der Waals surface area contributed by atoms with Crippen molar-refractivity contribution >= 4 is 87.3 Å². The number of carboxylic acids is 2. The molecule has 0 bridgehead atoms. The Hall–Kier alpha value is -12.6. The Morgan fingerprint density at radius 3 is 0.425 bits per heavy atom. The predicted molar refractivity (Wildman–Crippen MR) is 415 cm³/mol. The number of hydrogen-bond acceptors (Lipinski definition) is 14.